The Hall–Kier alpha value is -11.1. The van der Waals surface area contributed by atoms with Gasteiger partial charge in [0.1, 0.15) is 22.3 Å². The second-order valence-electron chi connectivity index (χ2n) is 17.8. The molecule has 2 aromatic heterocycles. The second kappa shape index (κ2) is 20.5. The Labute approximate surface area is 559 Å². The van der Waals surface area contributed by atoms with Crippen LogP contribution in [0.5, 0.6) is 0 Å². The molecule has 0 saturated carbocycles. The van der Waals surface area contributed by atoms with Crippen molar-refractivity contribution in [3.05, 3.63) is 314 Å². The standard InChI is InChI=1S/C44H28O.C38H24O/c1-3-14-29(15-4-1)31-26-32(30-16-5-2-6-17-30)28-33(27-31)42-34-18-7-9-20-36(34)43(37-21-10-8-19-35(37)42)39-23-13-25-41-44(39)38-22-11-12-24-40(38)45-41;1-2-11-25(12-3-1)26-21-23-27(24-22-26)36-28-13-4-6-15-30(28)37(31-16-7-5-14-29(31)36)33-18-10-20-35-38(33)32-17-8-9-19-34(32)39-35/h1-28H;1-24H/i1D,2D,3D,4D,5D,6D,7D,8D,9D,10D,11D,12D,13D,14D,15D,16D,17D,18D,19D,20D,21D,22D,23D,24D,25D,26D,27D,28D;1D,2D,3D,4D,5D,6D,7D,8D,9D,10D,11D,12D,13D,14D,15D,16D,17D,18D,19D,20D,21D,22D,23D,24D. The van der Waals surface area contributed by atoms with Crippen LogP contribution in [0, 0.1) is 0 Å². The molecule has 17 rings (SSSR count). The zero-order valence-electron chi connectivity index (χ0n) is 93.8. The van der Waals surface area contributed by atoms with Gasteiger partial charge in [-0.3, -0.25) is 0 Å². The number of hydrogen-bond donors (Lipinski definition) is 0. The summed E-state index contributed by atoms with van der Waals surface area (Å²) in [6.45, 7) is 0. The van der Waals surface area contributed by atoms with Crippen molar-refractivity contribution < 1.29 is 80.1 Å². The lowest BCUT2D eigenvalue weighted by molar-refractivity contribution is 0.668. The molecule has 15 aromatic carbocycles. The van der Waals surface area contributed by atoms with Crippen LogP contribution in [-0.4, -0.2) is 0 Å². The molecule has 0 fully saturated rings. The first-order valence-electron chi connectivity index (χ1n) is 50.6. The maximum absolute atomic E-state index is 9.91. The second-order valence-corrected chi connectivity index (χ2v) is 17.8. The van der Waals surface area contributed by atoms with Crippen LogP contribution >= 0.6 is 0 Å². The molecule has 0 unspecified atom stereocenters. The Morgan fingerprint density at radius 3 is 0.821 bits per heavy atom. The summed E-state index contributed by atoms with van der Waals surface area (Å²) in [4.78, 5) is 0. The van der Waals surface area contributed by atoms with Crippen molar-refractivity contribution in [1.82, 2.24) is 0 Å². The average molecular weight is 1120 g/mol. The predicted molar refractivity (Wildman–Crippen MR) is 356 cm³/mol. The van der Waals surface area contributed by atoms with E-state index < -0.39 is 479 Å². The number of rotatable bonds is 7. The molecular formula is C82H52O2. The number of benzene rings is 15. The molecule has 0 aliphatic heterocycles. The van der Waals surface area contributed by atoms with E-state index in [1.54, 1.807) is 0 Å². The summed E-state index contributed by atoms with van der Waals surface area (Å²) in [7, 11) is 0. The van der Waals surface area contributed by atoms with Gasteiger partial charge in [0.15, 0.2) is 0 Å². The van der Waals surface area contributed by atoms with Gasteiger partial charge < -0.3 is 8.83 Å². The van der Waals surface area contributed by atoms with Crippen molar-refractivity contribution in [2.45, 2.75) is 0 Å². The van der Waals surface area contributed by atoms with Gasteiger partial charge in [0, 0.05) is 21.5 Å². The summed E-state index contributed by atoms with van der Waals surface area (Å²) in [6.07, 6.45) is 0. The first-order chi connectivity index (χ1) is 63.3. The lowest BCUT2D eigenvalue weighted by Gasteiger charge is -2.19. The van der Waals surface area contributed by atoms with Crippen LogP contribution in [-0.2, 0) is 0 Å². The van der Waals surface area contributed by atoms with E-state index in [1.807, 2.05) is 0 Å². The molecule has 0 aliphatic carbocycles. The Balaban J connectivity index is 0.000000199. The first kappa shape index (κ1) is 19.3. The molecule has 0 atom stereocenters. The fourth-order valence-electron chi connectivity index (χ4n) is 9.88. The van der Waals surface area contributed by atoms with E-state index in [1.165, 1.54) is 0 Å². The van der Waals surface area contributed by atoms with Gasteiger partial charge in [-0.25, -0.2) is 0 Å². The number of hydrogen-bond acceptors (Lipinski definition) is 2. The third-order valence-electron chi connectivity index (χ3n) is 13.3. The highest BCUT2D eigenvalue weighted by molar-refractivity contribution is 6.27. The molecule has 0 spiro atoms. The largest absolute Gasteiger partial charge is 0.456 e. The molecule has 0 saturated heterocycles. The highest BCUT2D eigenvalue weighted by atomic mass is 16.3. The number of para-hydroxylation sites is 2. The maximum Gasteiger partial charge on any atom is 0.136 e. The predicted octanol–water partition coefficient (Wildman–Crippen LogP) is 23.5. The minimum Gasteiger partial charge on any atom is -0.456 e. The van der Waals surface area contributed by atoms with Gasteiger partial charge in [-0.15, -0.1) is 0 Å². The third-order valence-corrected chi connectivity index (χ3v) is 13.3. The zero-order chi connectivity index (χ0) is 101. The van der Waals surface area contributed by atoms with Crippen LogP contribution < -0.4 is 0 Å². The summed E-state index contributed by atoms with van der Waals surface area (Å²) >= 11 is 0. The molecule has 84 heavy (non-hydrogen) atoms. The van der Waals surface area contributed by atoms with Gasteiger partial charge in [-0.05, 0) is 163 Å². The summed E-state index contributed by atoms with van der Waals surface area (Å²) in [6, 6.07) is -49.4. The smallest absolute Gasteiger partial charge is 0.136 e. The van der Waals surface area contributed by atoms with Gasteiger partial charge >= 0.3 is 0 Å². The van der Waals surface area contributed by atoms with Crippen LogP contribution in [0.2, 0.25) is 0 Å². The minimum atomic E-state index is -1.16. The van der Waals surface area contributed by atoms with Crippen LogP contribution in [0.4, 0.5) is 0 Å². The van der Waals surface area contributed by atoms with E-state index in [4.69, 9.17) is 59.6 Å². The lowest BCUT2D eigenvalue weighted by Crippen LogP contribution is -1.92. The van der Waals surface area contributed by atoms with Crippen LogP contribution in [0.1, 0.15) is 71.3 Å². The summed E-state index contributed by atoms with van der Waals surface area (Å²) in [5, 5.41) is -7.88. The van der Waals surface area contributed by atoms with Crippen molar-refractivity contribution in [3.8, 4) is 77.9 Å². The van der Waals surface area contributed by atoms with Crippen LogP contribution in [0.3, 0.4) is 0 Å². The molecule has 0 N–H and O–H groups in total. The molecule has 392 valence electrons. The Bertz CT molecular complexity index is 8230. The molecule has 2 nitrogen and oxygen atoms in total. The van der Waals surface area contributed by atoms with Crippen LogP contribution in [0.25, 0.3) is 165 Å². The lowest BCUT2D eigenvalue weighted by atomic mass is 9.83. The minimum absolute atomic E-state index is 0.442. The van der Waals surface area contributed by atoms with Gasteiger partial charge in [-0.2, -0.15) is 0 Å². The quantitative estimate of drug-likeness (QED) is 0.149. The monoisotopic (exact) mass is 1120 g/mol. The van der Waals surface area contributed by atoms with Gasteiger partial charge in [0.2, 0.25) is 0 Å². The summed E-state index contributed by atoms with van der Waals surface area (Å²) in [5.41, 5.74) is -13.6. The van der Waals surface area contributed by atoms with E-state index in [-0.39, 0.29) is 0 Å². The average Bonchev–Trinajstić information content (AvgIpc) is 1.08. The summed E-state index contributed by atoms with van der Waals surface area (Å²) in [5.74, 6) is 0. The topological polar surface area (TPSA) is 26.3 Å². The summed E-state index contributed by atoms with van der Waals surface area (Å²) < 4.78 is 474. The molecule has 0 bridgehead atoms. The molecule has 0 aliphatic rings. The fraction of sp³-hybridized carbons (Fsp3) is 0. The van der Waals surface area contributed by atoms with E-state index in [0.717, 1.165) is 0 Å². The first-order valence-corrected chi connectivity index (χ1v) is 24.6. The zero-order valence-corrected chi connectivity index (χ0v) is 41.8. The highest BCUT2D eigenvalue weighted by Crippen LogP contribution is 2.50. The van der Waals surface area contributed by atoms with E-state index in [9.17, 15) is 20.6 Å². The van der Waals surface area contributed by atoms with E-state index in [2.05, 4.69) is 0 Å². The number of fused-ring (bicyclic) bond motifs is 10. The van der Waals surface area contributed by atoms with E-state index in [0.29, 0.717) is 0 Å². The fourth-order valence-corrected chi connectivity index (χ4v) is 9.88. The Kier molecular flexibility index (Phi) is 4.70. The van der Waals surface area contributed by atoms with Gasteiger partial charge in [-0.1, -0.05) is 272 Å². The third kappa shape index (κ3) is 8.26. The van der Waals surface area contributed by atoms with E-state index >= 15 is 0 Å². The molecule has 2 heterocycles. The molecule has 2 heteroatoms. The van der Waals surface area contributed by atoms with Crippen molar-refractivity contribution in [2.75, 3.05) is 0 Å². The SMILES string of the molecule is [2H]c1c([2H])c([2H])c(-c2c([2H])c(-c3c([2H])c([2H])c([2H])c([2H])c3[2H])c([2H])c(-c3c4c([2H])c([2H])c([2H])c([2H])c4c(-c4c([2H])c([2H])c([2H])c5oc6c([2H])c([2H])c([2H])c([2H])c6c45)c4c([2H])c([2H])c([2H])c([2H])c34)c2[2H])c([2H])c1[2H].[2H]c1c([2H])c([2H])c(-c2c([2H])c([2H])c(-c3c4c([2H])c([2H])c([2H])c([2H])c4c(-c4c([2H])c([2H])c([2H])c5oc6c([2H])c([2H])c([2H])c([2H])c6c45)c4c([2H])c([2H])c([2H])c([2H])c34)c([2H])c2[2H])c([2H])c1[2H]. The van der Waals surface area contributed by atoms with Gasteiger partial charge in [0.25, 0.3) is 0 Å². The molecule has 0 radical (unpaired) electrons. The highest BCUT2D eigenvalue weighted by Gasteiger charge is 2.23. The van der Waals surface area contributed by atoms with Crippen molar-refractivity contribution in [1.29, 1.82) is 0 Å². The van der Waals surface area contributed by atoms with Crippen LogP contribution in [0.15, 0.2) is 323 Å². The Morgan fingerprint density at radius 2 is 0.440 bits per heavy atom. The number of furan rings is 2. The van der Waals surface area contributed by atoms with Crippen molar-refractivity contribution in [2.24, 2.45) is 0 Å². The van der Waals surface area contributed by atoms with Crippen molar-refractivity contribution in [3.63, 3.8) is 0 Å². The maximum atomic E-state index is 9.91. The molecule has 0 amide bonds. The Morgan fingerprint density at radius 1 is 0.179 bits per heavy atom. The molecule has 17 aromatic rings. The van der Waals surface area contributed by atoms with Crippen molar-refractivity contribution >= 4 is 87.0 Å². The normalized spacial score (nSPS) is 20.2. The van der Waals surface area contributed by atoms with Gasteiger partial charge in [0.05, 0.1) is 71.3 Å². The molecular weight excluding hydrogens is 1020 g/mol.